The Hall–Kier alpha value is -3.31. The van der Waals surface area contributed by atoms with Crippen LogP contribution in [0.3, 0.4) is 0 Å². The van der Waals surface area contributed by atoms with Gasteiger partial charge in [-0.1, -0.05) is 65.8 Å². The number of carbonyl (C=O) groups excluding carboxylic acids is 2. The number of benzene rings is 2. The van der Waals surface area contributed by atoms with Crippen LogP contribution in [0.4, 0.5) is 0 Å². The molecule has 2 fully saturated rings. The third-order valence-electron chi connectivity index (χ3n) is 10.0. The van der Waals surface area contributed by atoms with Crippen molar-refractivity contribution < 1.29 is 50.1 Å². The first kappa shape index (κ1) is 48.8. The van der Waals surface area contributed by atoms with Gasteiger partial charge in [0, 0.05) is 0 Å². The molecule has 0 aromatic heterocycles. The van der Waals surface area contributed by atoms with E-state index >= 15 is 0 Å². The Balaban J connectivity index is 0.00000167. The minimum Gasteiger partial charge on any atom is -0.541 e. The number of methoxy groups -OCH3 is 2. The molecule has 0 atom stereocenters. The van der Waals surface area contributed by atoms with Crippen LogP contribution < -0.4 is 18.3 Å². The number of hydrogen-bond donors (Lipinski definition) is 1. The molecule has 4 rings (SSSR count). The molecule has 0 amide bonds. The number of carbonyl (C=O) groups is 2. The number of ether oxygens (including phenoxy) is 2. The Morgan fingerprint density at radius 1 is 0.589 bits per heavy atom. The molecule has 10 radical (unpaired) electrons. The molecule has 7 nitrogen and oxygen atoms in total. The summed E-state index contributed by atoms with van der Waals surface area (Å²) in [5, 5.41) is 11.2. The van der Waals surface area contributed by atoms with Gasteiger partial charge >= 0.3 is 17.1 Å². The fraction of sp³-hybridized carbons (Fsp3) is 0.304. The fourth-order valence-electron chi connectivity index (χ4n) is 4.53. The molecule has 0 aliphatic heterocycles. The van der Waals surface area contributed by atoms with E-state index in [2.05, 4.69) is 67.7 Å². The van der Waals surface area contributed by atoms with E-state index in [0.29, 0.717) is 34.5 Å². The van der Waals surface area contributed by atoms with Gasteiger partial charge in [0.2, 0.25) is 0 Å². The smallest absolute Gasteiger partial charge is 0.541 e. The van der Waals surface area contributed by atoms with Crippen LogP contribution in [0.1, 0.15) is 52.7 Å². The van der Waals surface area contributed by atoms with Gasteiger partial charge in [0.25, 0.3) is 16.6 Å². The maximum atomic E-state index is 13.6. The van der Waals surface area contributed by atoms with E-state index in [0.717, 1.165) is 5.56 Å². The molecule has 2 aromatic rings. The summed E-state index contributed by atoms with van der Waals surface area (Å²) in [6, 6.07) is 11.0. The maximum Gasteiger partial charge on any atom is 2.00 e. The van der Waals surface area contributed by atoms with Gasteiger partial charge in [-0.2, -0.15) is 0 Å². The molecule has 10 heteroatoms. The minimum absolute atomic E-state index is 0. The van der Waals surface area contributed by atoms with Crippen molar-refractivity contribution in [3.05, 3.63) is 147 Å². The van der Waals surface area contributed by atoms with Crippen molar-refractivity contribution >= 4 is 40.4 Å². The maximum absolute atomic E-state index is 13.6. The van der Waals surface area contributed by atoms with Gasteiger partial charge in [-0.3, -0.25) is 9.59 Å². The van der Waals surface area contributed by atoms with Crippen molar-refractivity contribution in [1.29, 1.82) is 0 Å². The zero-order valence-corrected chi connectivity index (χ0v) is 38.0. The molecular weight excluding hydrogens is 777 g/mol. The first-order chi connectivity index (χ1) is 25.7. The summed E-state index contributed by atoms with van der Waals surface area (Å²) in [5.74, 6) is 1.83. The van der Waals surface area contributed by atoms with Gasteiger partial charge in [-0.15, -0.1) is 0 Å². The number of rotatable bonds is 14. The van der Waals surface area contributed by atoms with Crippen LogP contribution in [0.25, 0.3) is 12.2 Å². The second-order valence-corrected chi connectivity index (χ2v) is 25.7. The number of allylic oxidation sites excluding steroid dienone is 5. The third-order valence-corrected chi connectivity index (χ3v) is 18.7. The normalized spacial score (nSPS) is 16.0. The van der Waals surface area contributed by atoms with Crippen molar-refractivity contribution in [3.63, 3.8) is 0 Å². The third kappa shape index (κ3) is 14.3. The molecule has 1 N–H and O–H groups in total. The average molecular weight is 835 g/mol. The molecule has 0 bridgehead atoms. The zero-order chi connectivity index (χ0) is 41.0. The number of hydrogen-bond acceptors (Lipinski definition) is 7. The molecule has 0 heterocycles. The Morgan fingerprint density at radius 2 is 1.00 bits per heavy atom. The number of aliphatic hydroxyl groups excluding tert-OH is 1. The van der Waals surface area contributed by atoms with Crippen LogP contribution in [0, 0.1) is 63.7 Å². The van der Waals surface area contributed by atoms with Crippen molar-refractivity contribution in [3.8, 4) is 23.0 Å². The summed E-state index contributed by atoms with van der Waals surface area (Å²) in [6.45, 7) is 21.7. The fourth-order valence-corrected chi connectivity index (χ4v) is 6.58. The summed E-state index contributed by atoms with van der Waals surface area (Å²) >= 11 is 0. The van der Waals surface area contributed by atoms with Crippen LogP contribution in [-0.4, -0.2) is 47.5 Å². The quantitative estimate of drug-likeness (QED) is 0.0877. The summed E-state index contributed by atoms with van der Waals surface area (Å²) < 4.78 is 24.2. The van der Waals surface area contributed by atoms with Crippen molar-refractivity contribution in [2.24, 2.45) is 0 Å². The van der Waals surface area contributed by atoms with E-state index in [1.54, 1.807) is 58.1 Å². The Morgan fingerprint density at radius 3 is 1.39 bits per heavy atom. The molecule has 0 unspecified atom stereocenters. The predicted octanol–water partition coefficient (Wildman–Crippen LogP) is 11.1. The zero-order valence-electron chi connectivity index (χ0n) is 34.9. The van der Waals surface area contributed by atoms with Gasteiger partial charge < -0.3 is 23.4 Å². The Bertz CT molecular complexity index is 1720. The predicted molar refractivity (Wildman–Crippen MR) is 230 cm³/mol. The van der Waals surface area contributed by atoms with Gasteiger partial charge in [0.15, 0.2) is 23.1 Å². The van der Waals surface area contributed by atoms with E-state index in [9.17, 15) is 14.7 Å². The first-order valence-corrected chi connectivity index (χ1v) is 24.2. The Labute approximate surface area is 350 Å². The molecule has 298 valence electrons. The van der Waals surface area contributed by atoms with Crippen LogP contribution in [0.15, 0.2) is 72.0 Å². The molecule has 2 saturated carbocycles. The van der Waals surface area contributed by atoms with Crippen LogP contribution >= 0.6 is 0 Å². The SMILES string of the molecule is COc1cc(/C=C/C(=O)C(/C=C/C(=O)[C]2[CH][CH][CH][CH]2)=C(O)/C=C/c2ccc(O[Si](C)(C)C(C)(C)C)c(OC)c2)ccc1O[Si](C)(C)C(C)(C)C.[CH]1[CH][CH][CH][CH]1.[Fe+2]. The second kappa shape index (κ2) is 21.5. The molecule has 2 aliphatic carbocycles. The van der Waals surface area contributed by atoms with Crippen molar-refractivity contribution in [2.45, 2.75) is 77.8 Å². The molecule has 2 aliphatic rings. The molecule has 56 heavy (non-hydrogen) atoms. The van der Waals surface area contributed by atoms with E-state index in [1.165, 1.54) is 24.3 Å². The topological polar surface area (TPSA) is 91.3 Å². The summed E-state index contributed by atoms with van der Waals surface area (Å²) in [6.07, 6.45) is 25.6. The summed E-state index contributed by atoms with van der Waals surface area (Å²) in [5.41, 5.74) is 1.38. The van der Waals surface area contributed by atoms with Crippen LogP contribution in [0.2, 0.25) is 36.3 Å². The van der Waals surface area contributed by atoms with Crippen molar-refractivity contribution in [1.82, 2.24) is 0 Å². The van der Waals surface area contributed by atoms with Gasteiger partial charge in [-0.25, -0.2) is 0 Å². The van der Waals surface area contributed by atoms with Crippen LogP contribution in [-0.2, 0) is 26.7 Å². The van der Waals surface area contributed by atoms with Gasteiger partial charge in [-0.05, 0) is 154 Å². The summed E-state index contributed by atoms with van der Waals surface area (Å²) in [4.78, 5) is 26.3. The van der Waals surface area contributed by atoms with E-state index < -0.39 is 22.4 Å². The van der Waals surface area contributed by atoms with Gasteiger partial charge in [0.05, 0.1) is 25.7 Å². The van der Waals surface area contributed by atoms with E-state index in [4.69, 9.17) is 18.3 Å². The average Bonchev–Trinajstić information content (AvgIpc) is 3.88. The molecule has 0 saturated heterocycles. The number of ketones is 2. The number of aliphatic hydroxyl groups is 1. The molecular formula is C46H58FeO7Si2+2. The monoisotopic (exact) mass is 834 g/mol. The van der Waals surface area contributed by atoms with Crippen molar-refractivity contribution in [2.75, 3.05) is 14.2 Å². The first-order valence-electron chi connectivity index (χ1n) is 18.4. The second-order valence-electron chi connectivity index (χ2n) is 16.2. The van der Waals surface area contributed by atoms with Crippen LogP contribution in [0.5, 0.6) is 23.0 Å². The summed E-state index contributed by atoms with van der Waals surface area (Å²) in [7, 11) is -1.05. The molecule has 2 aromatic carbocycles. The van der Waals surface area contributed by atoms with Gasteiger partial charge in [0.1, 0.15) is 17.3 Å². The standard InChI is InChI=1S/C41H53O7Si2.C5H5.Fe/c1-40(2,3)49(9,10)47-36-25-19-29(27-38(36)45-7)17-22-34(43)32(21-24-33(42)31-15-13-14-16-31)35(44)23-18-30-20-26-37(39(28-30)46-8)48-50(11,12)41(4,5)6;1-2-4-5-3-1;/h13-28,43H,1-12H3;1-5H;/q;;+2/b22-17+,23-18+,24-21+,34-32-;;. The van der Waals surface area contributed by atoms with E-state index in [-0.39, 0.29) is 44.3 Å². The molecule has 0 spiro atoms. The largest absolute Gasteiger partial charge is 2.00 e. The minimum atomic E-state index is -2.11. The van der Waals surface area contributed by atoms with E-state index in [1.807, 2.05) is 62.4 Å². The Kier molecular flexibility index (Phi) is 18.7.